The van der Waals surface area contributed by atoms with E-state index in [2.05, 4.69) is 82.4 Å². The summed E-state index contributed by atoms with van der Waals surface area (Å²) < 4.78 is 2.11. The molecule has 0 unspecified atom stereocenters. The van der Waals surface area contributed by atoms with Gasteiger partial charge in [0.25, 0.3) is 0 Å². The van der Waals surface area contributed by atoms with Crippen molar-refractivity contribution in [3.63, 3.8) is 0 Å². The molecule has 0 N–H and O–H groups in total. The molecule has 0 atom stereocenters. The van der Waals surface area contributed by atoms with Gasteiger partial charge in [-0.2, -0.15) is 5.10 Å². The second-order valence-electron chi connectivity index (χ2n) is 7.02. The minimum absolute atomic E-state index is 0.959. The number of hydrogen-bond acceptors (Lipinski definition) is 2. The van der Waals surface area contributed by atoms with Crippen LogP contribution in [0.1, 0.15) is 29.7 Å². The predicted molar refractivity (Wildman–Crippen MR) is 107 cm³/mol. The molecule has 0 spiro atoms. The van der Waals surface area contributed by atoms with E-state index in [9.17, 15) is 0 Å². The zero-order valence-corrected chi connectivity index (χ0v) is 15.3. The molecule has 3 aromatic rings. The van der Waals surface area contributed by atoms with E-state index in [-0.39, 0.29) is 0 Å². The van der Waals surface area contributed by atoms with E-state index in [0.29, 0.717) is 0 Å². The van der Waals surface area contributed by atoms with E-state index >= 15 is 0 Å². The van der Waals surface area contributed by atoms with Gasteiger partial charge in [-0.1, -0.05) is 54.6 Å². The van der Waals surface area contributed by atoms with Crippen molar-refractivity contribution in [2.75, 3.05) is 13.6 Å². The summed E-state index contributed by atoms with van der Waals surface area (Å²) in [6.45, 7) is 1.93. The third kappa shape index (κ3) is 3.63. The molecule has 0 aliphatic heterocycles. The van der Waals surface area contributed by atoms with Crippen molar-refractivity contribution in [1.29, 1.82) is 0 Å². The first kappa shape index (κ1) is 16.8. The highest BCUT2D eigenvalue weighted by atomic mass is 15.3. The van der Waals surface area contributed by atoms with E-state index in [1.807, 2.05) is 12.3 Å². The Kier molecular flexibility index (Phi) is 4.98. The number of likely N-dealkylation sites (N-methyl/N-ethyl adjacent to an activating group) is 1. The molecule has 1 aromatic heterocycles. The SMILES string of the molecule is CN(C/C=C1/CCCc2c1cnn2-c1ccccc1)Cc1ccccc1. The number of allylic oxidation sites excluding steroid dienone is 1. The van der Waals surface area contributed by atoms with Crippen molar-refractivity contribution in [3.8, 4) is 5.69 Å². The standard InChI is InChI=1S/C23H25N3/c1-25(18-19-9-4-2-5-10-19)16-15-20-11-8-14-23-22(20)17-24-26(23)21-12-6-3-7-13-21/h2-7,9-10,12-13,15,17H,8,11,14,16,18H2,1H3/b20-15-. The Labute approximate surface area is 155 Å². The van der Waals surface area contributed by atoms with Gasteiger partial charge in [-0.15, -0.1) is 0 Å². The smallest absolute Gasteiger partial charge is 0.0649 e. The maximum atomic E-state index is 4.68. The lowest BCUT2D eigenvalue weighted by molar-refractivity contribution is 0.363. The van der Waals surface area contributed by atoms with Crippen LogP contribution in [0, 0.1) is 0 Å². The summed E-state index contributed by atoms with van der Waals surface area (Å²) in [5, 5.41) is 4.68. The lowest BCUT2D eigenvalue weighted by Crippen LogP contribution is -2.18. The van der Waals surface area contributed by atoms with Crippen LogP contribution in [0.5, 0.6) is 0 Å². The Hall–Kier alpha value is -2.65. The molecule has 0 fully saturated rings. The monoisotopic (exact) mass is 343 g/mol. The molecular weight excluding hydrogens is 318 g/mol. The number of para-hydroxylation sites is 1. The number of nitrogens with zero attached hydrogens (tertiary/aromatic N) is 3. The quantitative estimate of drug-likeness (QED) is 0.668. The van der Waals surface area contributed by atoms with Crippen LogP contribution in [-0.2, 0) is 13.0 Å². The van der Waals surface area contributed by atoms with Crippen LogP contribution in [0.3, 0.4) is 0 Å². The first-order valence-corrected chi connectivity index (χ1v) is 9.35. The Morgan fingerprint density at radius 1 is 1.00 bits per heavy atom. The number of hydrogen-bond donors (Lipinski definition) is 0. The summed E-state index contributed by atoms with van der Waals surface area (Å²) >= 11 is 0. The molecule has 132 valence electrons. The predicted octanol–water partition coefficient (Wildman–Crippen LogP) is 4.72. The average Bonchev–Trinajstić information content (AvgIpc) is 3.12. The van der Waals surface area contributed by atoms with Crippen molar-refractivity contribution < 1.29 is 0 Å². The number of fused-ring (bicyclic) bond motifs is 1. The minimum Gasteiger partial charge on any atom is -0.298 e. The molecule has 4 rings (SSSR count). The van der Waals surface area contributed by atoms with Gasteiger partial charge in [0, 0.05) is 18.7 Å². The van der Waals surface area contributed by atoms with Gasteiger partial charge in [0.15, 0.2) is 0 Å². The fourth-order valence-electron chi connectivity index (χ4n) is 3.69. The van der Waals surface area contributed by atoms with E-state index in [4.69, 9.17) is 0 Å². The van der Waals surface area contributed by atoms with Gasteiger partial charge in [0.2, 0.25) is 0 Å². The summed E-state index contributed by atoms with van der Waals surface area (Å²) in [5.41, 5.74) is 6.62. The highest BCUT2D eigenvalue weighted by Crippen LogP contribution is 2.31. The fraction of sp³-hybridized carbons (Fsp3) is 0.261. The molecule has 0 saturated carbocycles. The summed E-state index contributed by atoms with van der Waals surface area (Å²) in [4.78, 5) is 2.36. The summed E-state index contributed by atoms with van der Waals surface area (Å²) in [7, 11) is 2.18. The largest absolute Gasteiger partial charge is 0.298 e. The molecule has 0 radical (unpaired) electrons. The van der Waals surface area contributed by atoms with E-state index in [1.54, 1.807) is 0 Å². The van der Waals surface area contributed by atoms with Crippen LogP contribution >= 0.6 is 0 Å². The minimum atomic E-state index is 0.959. The van der Waals surface area contributed by atoms with Gasteiger partial charge in [0.1, 0.15) is 0 Å². The molecule has 1 heterocycles. The Bertz CT molecular complexity index is 878. The van der Waals surface area contributed by atoms with Crippen LogP contribution in [-0.4, -0.2) is 28.3 Å². The molecule has 26 heavy (non-hydrogen) atoms. The second-order valence-corrected chi connectivity index (χ2v) is 7.02. The molecule has 1 aliphatic rings. The summed E-state index contributed by atoms with van der Waals surface area (Å²) in [5.74, 6) is 0. The fourth-order valence-corrected chi connectivity index (χ4v) is 3.69. The molecular formula is C23H25N3. The molecule has 2 aromatic carbocycles. The number of aromatic nitrogens is 2. The molecule has 3 nitrogen and oxygen atoms in total. The zero-order chi connectivity index (χ0) is 17.8. The number of rotatable bonds is 5. The second kappa shape index (κ2) is 7.71. The maximum absolute atomic E-state index is 4.68. The lowest BCUT2D eigenvalue weighted by Gasteiger charge is -2.19. The summed E-state index contributed by atoms with van der Waals surface area (Å²) in [6.07, 6.45) is 7.87. The van der Waals surface area contributed by atoms with Crippen molar-refractivity contribution >= 4 is 5.57 Å². The van der Waals surface area contributed by atoms with Crippen molar-refractivity contribution in [3.05, 3.63) is 89.8 Å². The molecule has 1 aliphatic carbocycles. The van der Waals surface area contributed by atoms with Crippen molar-refractivity contribution in [2.24, 2.45) is 0 Å². The van der Waals surface area contributed by atoms with Crippen LogP contribution < -0.4 is 0 Å². The molecule has 0 saturated heterocycles. The van der Waals surface area contributed by atoms with Gasteiger partial charge >= 0.3 is 0 Å². The van der Waals surface area contributed by atoms with Crippen LogP contribution in [0.25, 0.3) is 11.3 Å². The van der Waals surface area contributed by atoms with Crippen LogP contribution in [0.4, 0.5) is 0 Å². The van der Waals surface area contributed by atoms with Gasteiger partial charge in [-0.05, 0) is 49.6 Å². The third-order valence-corrected chi connectivity index (χ3v) is 5.02. The normalized spacial score (nSPS) is 15.4. The van der Waals surface area contributed by atoms with E-state index in [0.717, 1.165) is 31.6 Å². The zero-order valence-electron chi connectivity index (χ0n) is 15.3. The van der Waals surface area contributed by atoms with Gasteiger partial charge in [-0.3, -0.25) is 4.90 Å². The van der Waals surface area contributed by atoms with Crippen LogP contribution in [0.15, 0.2) is 72.9 Å². The topological polar surface area (TPSA) is 21.1 Å². The first-order valence-electron chi connectivity index (χ1n) is 9.35. The van der Waals surface area contributed by atoms with Gasteiger partial charge in [-0.25, -0.2) is 4.68 Å². The average molecular weight is 343 g/mol. The van der Waals surface area contributed by atoms with Crippen LogP contribution in [0.2, 0.25) is 0 Å². The Morgan fingerprint density at radius 3 is 2.50 bits per heavy atom. The lowest BCUT2D eigenvalue weighted by atomic mass is 9.92. The van der Waals surface area contributed by atoms with E-state index in [1.165, 1.54) is 28.8 Å². The van der Waals surface area contributed by atoms with Gasteiger partial charge in [0.05, 0.1) is 17.6 Å². The number of benzene rings is 2. The Morgan fingerprint density at radius 2 is 1.73 bits per heavy atom. The Balaban J connectivity index is 1.51. The first-order chi connectivity index (χ1) is 12.8. The highest BCUT2D eigenvalue weighted by Gasteiger charge is 2.19. The molecule has 0 amide bonds. The van der Waals surface area contributed by atoms with E-state index < -0.39 is 0 Å². The molecule has 0 bridgehead atoms. The molecule has 3 heteroatoms. The highest BCUT2D eigenvalue weighted by molar-refractivity contribution is 5.69. The third-order valence-electron chi connectivity index (χ3n) is 5.02. The van der Waals surface area contributed by atoms with Gasteiger partial charge < -0.3 is 0 Å². The maximum Gasteiger partial charge on any atom is 0.0649 e. The van der Waals surface area contributed by atoms with Crippen molar-refractivity contribution in [2.45, 2.75) is 25.8 Å². The van der Waals surface area contributed by atoms with Crippen molar-refractivity contribution in [1.82, 2.24) is 14.7 Å². The summed E-state index contributed by atoms with van der Waals surface area (Å²) in [6, 6.07) is 21.1.